The lowest BCUT2D eigenvalue weighted by atomic mass is 9.96. The van der Waals surface area contributed by atoms with Crippen LogP contribution >= 0.6 is 0 Å². The maximum absolute atomic E-state index is 3.52. The van der Waals surface area contributed by atoms with Crippen molar-refractivity contribution in [2.24, 2.45) is 0 Å². The van der Waals surface area contributed by atoms with Crippen LogP contribution in [0.15, 0.2) is 18.2 Å². The number of nitrogens with one attached hydrogen (secondary N) is 1. The van der Waals surface area contributed by atoms with Gasteiger partial charge in [0.05, 0.1) is 0 Å². The number of rotatable bonds is 0. The molecule has 74 valence electrons. The van der Waals surface area contributed by atoms with Crippen LogP contribution in [0.25, 0.3) is 0 Å². The second kappa shape index (κ2) is 2.99. The zero-order valence-corrected chi connectivity index (χ0v) is 8.59. The number of benzene rings is 1. The van der Waals surface area contributed by atoms with E-state index in [0.717, 1.165) is 13.1 Å². The first kappa shape index (κ1) is 8.30. The van der Waals surface area contributed by atoms with Gasteiger partial charge in [-0.1, -0.05) is 12.1 Å². The molecule has 0 radical (unpaired) electrons. The molecule has 0 saturated carbocycles. The normalized spacial score (nSPS) is 24.6. The van der Waals surface area contributed by atoms with Gasteiger partial charge in [0.25, 0.3) is 0 Å². The van der Waals surface area contributed by atoms with Crippen molar-refractivity contribution in [2.75, 3.05) is 31.6 Å². The van der Waals surface area contributed by atoms with Gasteiger partial charge in [-0.15, -0.1) is 0 Å². The Morgan fingerprint density at radius 1 is 1.43 bits per heavy atom. The fourth-order valence-corrected chi connectivity index (χ4v) is 2.81. The summed E-state index contributed by atoms with van der Waals surface area (Å²) in [7, 11) is 2.20. The van der Waals surface area contributed by atoms with Gasteiger partial charge in [-0.05, 0) is 30.2 Å². The van der Waals surface area contributed by atoms with Gasteiger partial charge in [0.15, 0.2) is 0 Å². The minimum absolute atomic E-state index is 0.716. The predicted octanol–water partition coefficient (Wildman–Crippen LogP) is 1.37. The summed E-state index contributed by atoms with van der Waals surface area (Å²) >= 11 is 0. The summed E-state index contributed by atoms with van der Waals surface area (Å²) < 4.78 is 0. The molecule has 1 aromatic rings. The van der Waals surface area contributed by atoms with Crippen LogP contribution in [-0.2, 0) is 6.42 Å². The highest BCUT2D eigenvalue weighted by molar-refractivity contribution is 5.63. The summed E-state index contributed by atoms with van der Waals surface area (Å²) in [5, 5.41) is 3.52. The van der Waals surface area contributed by atoms with Gasteiger partial charge in [0.1, 0.15) is 0 Å². The minimum Gasteiger partial charge on any atom is -0.374 e. The summed E-state index contributed by atoms with van der Waals surface area (Å²) in [5.74, 6) is 0.716. The van der Waals surface area contributed by atoms with Crippen LogP contribution in [-0.4, -0.2) is 26.7 Å². The lowest BCUT2D eigenvalue weighted by Crippen LogP contribution is -2.24. The maximum Gasteiger partial charge on any atom is 0.0403 e. The summed E-state index contributed by atoms with van der Waals surface area (Å²) in [5.41, 5.74) is 4.62. The zero-order chi connectivity index (χ0) is 9.54. The standard InChI is InChI=1S/C12H16N2/c1-14-8-10-7-13-6-5-9-3-2-4-11(14)12(9)10/h2-4,10,13H,5-8H2,1H3. The van der Waals surface area contributed by atoms with Crippen LogP contribution in [0.5, 0.6) is 0 Å². The number of anilines is 1. The molecule has 2 aliphatic rings. The Balaban J connectivity index is 2.17. The fraction of sp³-hybridized carbons (Fsp3) is 0.500. The van der Waals surface area contributed by atoms with Gasteiger partial charge in [-0.2, -0.15) is 0 Å². The lowest BCUT2D eigenvalue weighted by Gasteiger charge is -2.13. The molecule has 2 nitrogen and oxygen atoms in total. The highest BCUT2D eigenvalue weighted by Crippen LogP contribution is 2.38. The third-order valence-electron chi connectivity index (χ3n) is 3.45. The van der Waals surface area contributed by atoms with Crippen molar-refractivity contribution in [2.45, 2.75) is 12.3 Å². The first-order valence-corrected chi connectivity index (χ1v) is 5.40. The zero-order valence-electron chi connectivity index (χ0n) is 8.59. The van der Waals surface area contributed by atoms with Crippen LogP contribution in [0.1, 0.15) is 17.0 Å². The Kier molecular flexibility index (Phi) is 1.77. The smallest absolute Gasteiger partial charge is 0.0403 e. The third kappa shape index (κ3) is 1.07. The average Bonchev–Trinajstić information content (AvgIpc) is 2.41. The number of nitrogens with zero attached hydrogens (tertiary/aromatic N) is 1. The Morgan fingerprint density at radius 2 is 2.36 bits per heavy atom. The molecule has 0 spiro atoms. The molecule has 3 rings (SSSR count). The highest BCUT2D eigenvalue weighted by Gasteiger charge is 2.29. The van der Waals surface area contributed by atoms with E-state index in [4.69, 9.17) is 0 Å². The Bertz CT molecular complexity index is 359. The van der Waals surface area contributed by atoms with Crippen LogP contribution in [0.2, 0.25) is 0 Å². The van der Waals surface area contributed by atoms with E-state index in [2.05, 4.69) is 35.5 Å². The van der Waals surface area contributed by atoms with E-state index in [1.54, 1.807) is 11.1 Å². The third-order valence-corrected chi connectivity index (χ3v) is 3.45. The van der Waals surface area contributed by atoms with Crippen molar-refractivity contribution < 1.29 is 0 Å². The average molecular weight is 188 g/mol. The largest absolute Gasteiger partial charge is 0.374 e. The van der Waals surface area contributed by atoms with Gasteiger partial charge < -0.3 is 10.2 Å². The minimum atomic E-state index is 0.716. The Labute approximate surface area is 84.9 Å². The van der Waals surface area contributed by atoms with Crippen LogP contribution in [0.3, 0.4) is 0 Å². The van der Waals surface area contributed by atoms with E-state index in [1.807, 2.05) is 0 Å². The molecule has 0 amide bonds. The van der Waals surface area contributed by atoms with E-state index >= 15 is 0 Å². The van der Waals surface area contributed by atoms with Gasteiger partial charge in [-0.3, -0.25) is 0 Å². The van der Waals surface area contributed by atoms with Crippen molar-refractivity contribution in [1.29, 1.82) is 0 Å². The Morgan fingerprint density at radius 3 is 3.29 bits per heavy atom. The monoisotopic (exact) mass is 188 g/mol. The molecule has 1 aromatic carbocycles. The van der Waals surface area contributed by atoms with Crippen LogP contribution in [0, 0.1) is 0 Å². The summed E-state index contributed by atoms with van der Waals surface area (Å²) in [6, 6.07) is 6.74. The van der Waals surface area contributed by atoms with E-state index in [0.29, 0.717) is 5.92 Å². The molecule has 0 aliphatic carbocycles. The van der Waals surface area contributed by atoms with Crippen molar-refractivity contribution in [3.63, 3.8) is 0 Å². The van der Waals surface area contributed by atoms with Crippen LogP contribution < -0.4 is 10.2 Å². The number of hydrogen-bond acceptors (Lipinski definition) is 2. The summed E-state index contributed by atoms with van der Waals surface area (Å²) in [4.78, 5) is 2.39. The van der Waals surface area contributed by atoms with E-state index in [1.165, 1.54) is 18.7 Å². The van der Waals surface area contributed by atoms with E-state index < -0.39 is 0 Å². The topological polar surface area (TPSA) is 15.3 Å². The Hall–Kier alpha value is -1.02. The van der Waals surface area contributed by atoms with Crippen molar-refractivity contribution in [1.82, 2.24) is 5.32 Å². The maximum atomic E-state index is 3.52. The van der Waals surface area contributed by atoms with Crippen molar-refractivity contribution in [3.8, 4) is 0 Å². The second-order valence-electron chi connectivity index (χ2n) is 4.38. The van der Waals surface area contributed by atoms with E-state index in [-0.39, 0.29) is 0 Å². The van der Waals surface area contributed by atoms with Gasteiger partial charge in [-0.25, -0.2) is 0 Å². The summed E-state index contributed by atoms with van der Waals surface area (Å²) in [6.45, 7) is 3.46. The fourth-order valence-electron chi connectivity index (χ4n) is 2.81. The van der Waals surface area contributed by atoms with Crippen molar-refractivity contribution in [3.05, 3.63) is 29.3 Å². The van der Waals surface area contributed by atoms with E-state index in [9.17, 15) is 0 Å². The molecule has 1 unspecified atom stereocenters. The molecule has 2 heterocycles. The molecule has 2 aliphatic heterocycles. The van der Waals surface area contributed by atoms with Gasteiger partial charge in [0.2, 0.25) is 0 Å². The lowest BCUT2D eigenvalue weighted by molar-refractivity contribution is 0.625. The van der Waals surface area contributed by atoms with Crippen LogP contribution in [0.4, 0.5) is 5.69 Å². The van der Waals surface area contributed by atoms with Crippen molar-refractivity contribution >= 4 is 5.69 Å². The first-order chi connectivity index (χ1) is 6.86. The molecular weight excluding hydrogens is 172 g/mol. The molecule has 0 aromatic heterocycles. The predicted molar refractivity (Wildman–Crippen MR) is 59.0 cm³/mol. The SMILES string of the molecule is CN1CC2CNCCc3cccc1c32. The molecular formula is C12H16N2. The number of hydrogen-bond donors (Lipinski definition) is 1. The molecule has 14 heavy (non-hydrogen) atoms. The summed E-state index contributed by atoms with van der Waals surface area (Å²) in [6.07, 6.45) is 1.19. The quantitative estimate of drug-likeness (QED) is 0.661. The molecule has 1 atom stereocenters. The van der Waals surface area contributed by atoms with Gasteiger partial charge in [0, 0.05) is 31.7 Å². The second-order valence-corrected chi connectivity index (χ2v) is 4.38. The molecule has 1 N–H and O–H groups in total. The molecule has 0 fully saturated rings. The highest BCUT2D eigenvalue weighted by atomic mass is 15.1. The first-order valence-electron chi connectivity index (χ1n) is 5.40. The molecule has 2 heteroatoms. The molecule has 0 bridgehead atoms. The van der Waals surface area contributed by atoms with Gasteiger partial charge >= 0.3 is 0 Å². The molecule has 0 saturated heterocycles. The number of likely N-dealkylation sites (N-methyl/N-ethyl adjacent to an activating group) is 1.